The second-order valence-corrected chi connectivity index (χ2v) is 2.93. The predicted molar refractivity (Wildman–Crippen MR) is 31.3 cm³/mol. The standard InChI is InChI=1S/C4H5O6P.Na/c5-3(6)1-2(4(7)8)11(9)10;/h2H,1H2,(H,5,6)(H,7,8);/q;+1. The predicted octanol–water partition coefficient (Wildman–Crippen LogP) is -3.98. The smallest absolute Gasteiger partial charge is 0.595 e. The molecule has 0 aromatic rings. The van der Waals surface area contributed by atoms with Crippen molar-refractivity contribution in [2.24, 2.45) is 0 Å². The molecule has 0 amide bonds. The summed E-state index contributed by atoms with van der Waals surface area (Å²) < 4.78 is 10.1. The molecule has 0 saturated carbocycles. The summed E-state index contributed by atoms with van der Waals surface area (Å²) in [5.41, 5.74) is -1.82. The fourth-order valence-electron chi connectivity index (χ4n) is 0.417. The first kappa shape index (κ1) is 14.5. The molecule has 8 heteroatoms. The van der Waals surface area contributed by atoms with Crippen molar-refractivity contribution in [3.8, 4) is 0 Å². The van der Waals surface area contributed by atoms with Gasteiger partial charge in [0.15, 0.2) is 0 Å². The monoisotopic (exact) mass is 203 g/mol. The van der Waals surface area contributed by atoms with Crippen molar-refractivity contribution >= 4 is 20.0 Å². The van der Waals surface area contributed by atoms with E-state index >= 15 is 0 Å². The molecule has 62 valence electrons. The van der Waals surface area contributed by atoms with Crippen molar-refractivity contribution in [1.82, 2.24) is 0 Å². The SMILES string of the molecule is O=C(O)CC(C(=O)O)[P+](=O)[O-].[Na+]. The fourth-order valence-corrected chi connectivity index (χ4v) is 0.903. The van der Waals surface area contributed by atoms with Crippen LogP contribution in [0.1, 0.15) is 6.42 Å². The van der Waals surface area contributed by atoms with Gasteiger partial charge >= 0.3 is 49.5 Å². The van der Waals surface area contributed by atoms with Gasteiger partial charge in [0.05, 0.1) is 0 Å². The van der Waals surface area contributed by atoms with E-state index < -0.39 is 32.0 Å². The molecule has 2 atom stereocenters. The zero-order valence-electron chi connectivity index (χ0n) is 6.26. The van der Waals surface area contributed by atoms with E-state index in [9.17, 15) is 19.0 Å². The van der Waals surface area contributed by atoms with E-state index in [-0.39, 0.29) is 29.6 Å². The van der Waals surface area contributed by atoms with E-state index in [1.165, 1.54) is 0 Å². The fraction of sp³-hybridized carbons (Fsp3) is 0.500. The Morgan fingerprint density at radius 1 is 1.42 bits per heavy atom. The van der Waals surface area contributed by atoms with Crippen LogP contribution in [0.3, 0.4) is 0 Å². The van der Waals surface area contributed by atoms with E-state index in [0.29, 0.717) is 0 Å². The van der Waals surface area contributed by atoms with Gasteiger partial charge in [-0.05, 0) is 0 Å². The molecule has 0 aliphatic rings. The van der Waals surface area contributed by atoms with E-state index in [1.807, 2.05) is 0 Å². The molecular formula is C4H5NaO6P+. The Hall–Kier alpha value is 0. The van der Waals surface area contributed by atoms with Crippen molar-refractivity contribution in [1.29, 1.82) is 0 Å². The molecule has 0 aromatic carbocycles. The normalized spacial score (nSPS) is 12.6. The summed E-state index contributed by atoms with van der Waals surface area (Å²) >= 11 is 0. The van der Waals surface area contributed by atoms with Gasteiger partial charge in [-0.3, -0.25) is 4.79 Å². The van der Waals surface area contributed by atoms with Gasteiger partial charge < -0.3 is 15.1 Å². The number of aliphatic carboxylic acids is 2. The van der Waals surface area contributed by atoms with Gasteiger partial charge in [-0.15, -0.1) is 0 Å². The van der Waals surface area contributed by atoms with Crippen molar-refractivity contribution in [2.45, 2.75) is 12.1 Å². The Bertz CT molecular complexity index is 190. The van der Waals surface area contributed by atoms with Crippen molar-refractivity contribution in [3.63, 3.8) is 0 Å². The zero-order valence-corrected chi connectivity index (χ0v) is 9.15. The molecule has 2 unspecified atom stereocenters. The van der Waals surface area contributed by atoms with E-state index in [1.54, 1.807) is 0 Å². The number of rotatable bonds is 4. The number of carboxylic acids is 2. The van der Waals surface area contributed by atoms with Gasteiger partial charge in [0.25, 0.3) is 5.66 Å². The van der Waals surface area contributed by atoms with E-state index in [0.717, 1.165) is 0 Å². The van der Waals surface area contributed by atoms with Crippen LogP contribution in [-0.2, 0) is 14.2 Å². The summed E-state index contributed by atoms with van der Waals surface area (Å²) in [6.07, 6.45) is -0.895. The summed E-state index contributed by atoms with van der Waals surface area (Å²) in [7, 11) is -3.22. The van der Waals surface area contributed by atoms with E-state index in [2.05, 4.69) is 0 Å². The molecule has 0 heterocycles. The molecule has 0 saturated heterocycles. The molecule has 0 radical (unpaired) electrons. The Morgan fingerprint density at radius 3 is 1.92 bits per heavy atom. The largest absolute Gasteiger partial charge is 1.00 e. The van der Waals surface area contributed by atoms with Crippen LogP contribution in [0.5, 0.6) is 0 Å². The number of carboxylic acid groups (broad SMARTS) is 2. The first-order chi connectivity index (χ1) is 4.95. The van der Waals surface area contributed by atoms with Crippen LogP contribution in [0, 0.1) is 0 Å². The Morgan fingerprint density at radius 2 is 1.83 bits per heavy atom. The average molecular weight is 203 g/mol. The quantitative estimate of drug-likeness (QED) is 0.355. The second-order valence-electron chi connectivity index (χ2n) is 1.74. The van der Waals surface area contributed by atoms with Crippen LogP contribution in [0.25, 0.3) is 0 Å². The molecule has 0 bridgehead atoms. The molecule has 0 spiro atoms. The van der Waals surface area contributed by atoms with Crippen molar-refractivity contribution < 1.29 is 58.8 Å². The summed E-state index contributed by atoms with van der Waals surface area (Å²) in [5, 5.41) is 16.2. The zero-order chi connectivity index (χ0) is 9.02. The molecule has 0 fully saturated rings. The first-order valence-corrected chi connectivity index (χ1v) is 3.78. The van der Waals surface area contributed by atoms with Gasteiger partial charge in [0.2, 0.25) is 0 Å². The Labute approximate surface area is 90.7 Å². The van der Waals surface area contributed by atoms with E-state index in [4.69, 9.17) is 10.2 Å². The molecule has 0 aliphatic heterocycles. The van der Waals surface area contributed by atoms with Crippen LogP contribution in [0.4, 0.5) is 0 Å². The number of carbonyl (C=O) groups is 2. The average Bonchev–Trinajstić information content (AvgIpc) is 1.81. The van der Waals surface area contributed by atoms with Crippen LogP contribution >= 0.6 is 8.03 Å². The molecule has 2 N–H and O–H groups in total. The maximum absolute atomic E-state index is 10.1. The van der Waals surface area contributed by atoms with Crippen molar-refractivity contribution in [3.05, 3.63) is 0 Å². The summed E-state index contributed by atoms with van der Waals surface area (Å²) in [4.78, 5) is 30.0. The number of hydrogen-bond donors (Lipinski definition) is 2. The maximum atomic E-state index is 10.1. The molecular weight excluding hydrogens is 198 g/mol. The minimum atomic E-state index is -3.22. The van der Waals surface area contributed by atoms with Crippen LogP contribution in [0.2, 0.25) is 0 Å². The van der Waals surface area contributed by atoms with Gasteiger partial charge in [-0.1, -0.05) is 4.57 Å². The Balaban J connectivity index is 0. The third-order valence-electron chi connectivity index (χ3n) is 0.908. The Kier molecular flexibility index (Phi) is 7.88. The third kappa shape index (κ3) is 5.62. The van der Waals surface area contributed by atoms with Gasteiger partial charge in [-0.2, -0.15) is 0 Å². The van der Waals surface area contributed by atoms with Crippen LogP contribution in [0.15, 0.2) is 0 Å². The summed E-state index contributed by atoms with van der Waals surface area (Å²) in [6, 6.07) is 0. The second kappa shape index (κ2) is 6.51. The molecule has 0 aromatic heterocycles. The van der Waals surface area contributed by atoms with Crippen LogP contribution < -0.4 is 34.5 Å². The minimum Gasteiger partial charge on any atom is -0.595 e. The molecule has 0 rings (SSSR count). The van der Waals surface area contributed by atoms with Gasteiger partial charge in [0.1, 0.15) is 6.42 Å². The van der Waals surface area contributed by atoms with Crippen LogP contribution in [-0.4, -0.2) is 27.8 Å². The summed E-state index contributed by atoms with van der Waals surface area (Å²) in [5.74, 6) is -3.08. The maximum Gasteiger partial charge on any atom is 1.00 e. The number of hydrogen-bond acceptors (Lipinski definition) is 4. The van der Waals surface area contributed by atoms with Gasteiger partial charge in [-0.25, -0.2) is 4.79 Å². The minimum absolute atomic E-state index is 0. The first-order valence-electron chi connectivity index (χ1n) is 2.53. The summed E-state index contributed by atoms with van der Waals surface area (Å²) in [6.45, 7) is 0. The topological polar surface area (TPSA) is 115 Å². The molecule has 6 nitrogen and oxygen atoms in total. The van der Waals surface area contributed by atoms with Crippen molar-refractivity contribution in [2.75, 3.05) is 0 Å². The molecule has 12 heavy (non-hydrogen) atoms. The van der Waals surface area contributed by atoms with Gasteiger partial charge in [0, 0.05) is 0 Å². The molecule has 0 aliphatic carbocycles. The third-order valence-corrected chi connectivity index (χ3v) is 1.82.